The number of amides is 1. The molecule has 1 saturated heterocycles. The molecule has 0 aromatic heterocycles. The molecule has 100 valence electrons. The summed E-state index contributed by atoms with van der Waals surface area (Å²) < 4.78 is 1.01. The average Bonchev–Trinajstić information content (AvgIpc) is 2.42. The number of hydrogen-bond acceptors (Lipinski definition) is 3. The molecule has 1 N–H and O–H groups in total. The minimum Gasteiger partial charge on any atom is -0.334 e. The Labute approximate surface area is 126 Å². The number of piperidine rings is 1. The second-order valence-corrected chi connectivity index (χ2v) is 6.21. The van der Waals surface area contributed by atoms with Crippen molar-refractivity contribution in [2.24, 2.45) is 0 Å². The van der Waals surface area contributed by atoms with E-state index in [1.54, 1.807) is 6.07 Å². The highest BCUT2D eigenvalue weighted by Crippen LogP contribution is 2.21. The number of halogens is 1. The number of carbonyl (C=O) groups is 1. The maximum absolute atomic E-state index is 12.2. The van der Waals surface area contributed by atoms with Gasteiger partial charge in [-0.1, -0.05) is 6.07 Å². The quantitative estimate of drug-likeness (QED) is 0.812. The average molecular weight is 369 g/mol. The van der Waals surface area contributed by atoms with Crippen LogP contribution in [0.3, 0.4) is 0 Å². The maximum Gasteiger partial charge on any atom is 0.252 e. The smallest absolute Gasteiger partial charge is 0.252 e. The first kappa shape index (κ1) is 14.3. The van der Waals surface area contributed by atoms with Gasteiger partial charge in [-0.15, -0.1) is 0 Å². The number of nitrogens with one attached hydrogen (secondary N) is 1. The van der Waals surface area contributed by atoms with E-state index in [-0.39, 0.29) is 5.91 Å². The van der Waals surface area contributed by atoms with Crippen molar-refractivity contribution in [3.05, 3.63) is 33.4 Å². The number of rotatable bonds is 2. The second-order valence-electron chi connectivity index (χ2n) is 4.96. The molecule has 1 heterocycles. The maximum atomic E-state index is 12.2. The summed E-state index contributed by atoms with van der Waals surface area (Å²) >= 11 is 2.17. The lowest BCUT2D eigenvalue weighted by molar-refractivity contribution is 0.0882. The van der Waals surface area contributed by atoms with Crippen LogP contribution in [0.4, 0.5) is 0 Å². The van der Waals surface area contributed by atoms with Crippen molar-refractivity contribution in [1.29, 1.82) is 5.26 Å². The SMILES string of the molecule is CN1CCC(C#N)(NC(=O)c2cccc(I)c2)CC1. The van der Waals surface area contributed by atoms with Crippen molar-refractivity contribution in [2.45, 2.75) is 18.4 Å². The first-order chi connectivity index (χ1) is 9.04. The Balaban J connectivity index is 2.11. The lowest BCUT2D eigenvalue weighted by atomic mass is 9.89. The molecule has 0 aliphatic carbocycles. The molecule has 5 heteroatoms. The van der Waals surface area contributed by atoms with Gasteiger partial charge in [0.2, 0.25) is 0 Å². The highest BCUT2D eigenvalue weighted by Gasteiger charge is 2.35. The van der Waals surface area contributed by atoms with Crippen molar-refractivity contribution in [2.75, 3.05) is 20.1 Å². The standard InChI is InChI=1S/C14H16IN3O/c1-18-7-5-14(10-16,6-8-18)17-13(19)11-3-2-4-12(15)9-11/h2-4,9H,5-8H2,1H3,(H,17,19). The highest BCUT2D eigenvalue weighted by atomic mass is 127. The van der Waals surface area contributed by atoms with Gasteiger partial charge in [0.1, 0.15) is 5.54 Å². The van der Waals surface area contributed by atoms with E-state index in [4.69, 9.17) is 0 Å². The molecule has 0 bridgehead atoms. The molecule has 0 atom stereocenters. The molecule has 0 radical (unpaired) electrons. The summed E-state index contributed by atoms with van der Waals surface area (Å²) in [6.45, 7) is 1.67. The third kappa shape index (κ3) is 3.45. The summed E-state index contributed by atoms with van der Waals surface area (Å²) in [6, 6.07) is 9.69. The predicted octanol–water partition coefficient (Wildman–Crippen LogP) is 2.01. The Morgan fingerprint density at radius 1 is 1.47 bits per heavy atom. The molecule has 1 aromatic carbocycles. The molecular formula is C14H16IN3O. The van der Waals surface area contributed by atoms with Gasteiger partial charge in [-0.3, -0.25) is 4.79 Å². The molecular weight excluding hydrogens is 353 g/mol. The van der Waals surface area contributed by atoms with E-state index in [2.05, 4.69) is 38.9 Å². The Kier molecular flexibility index (Phi) is 4.42. The lowest BCUT2D eigenvalue weighted by Crippen LogP contribution is -2.53. The summed E-state index contributed by atoms with van der Waals surface area (Å²) in [5.74, 6) is -0.162. The van der Waals surface area contributed by atoms with Crippen LogP contribution >= 0.6 is 22.6 Å². The van der Waals surface area contributed by atoms with E-state index in [1.807, 2.05) is 25.2 Å². The van der Waals surface area contributed by atoms with Crippen LogP contribution in [0.5, 0.6) is 0 Å². The molecule has 1 aliphatic rings. The van der Waals surface area contributed by atoms with Gasteiger partial charge >= 0.3 is 0 Å². The van der Waals surface area contributed by atoms with Gasteiger partial charge in [0.05, 0.1) is 6.07 Å². The number of likely N-dealkylation sites (tertiary alicyclic amines) is 1. The number of benzene rings is 1. The number of carbonyl (C=O) groups excluding carboxylic acids is 1. The number of nitriles is 1. The van der Waals surface area contributed by atoms with Crippen molar-refractivity contribution in [3.63, 3.8) is 0 Å². The molecule has 1 aliphatic heterocycles. The van der Waals surface area contributed by atoms with Crippen LogP contribution in [0.25, 0.3) is 0 Å². The van der Waals surface area contributed by atoms with Crippen molar-refractivity contribution in [1.82, 2.24) is 10.2 Å². The monoisotopic (exact) mass is 369 g/mol. The molecule has 1 amide bonds. The van der Waals surface area contributed by atoms with E-state index in [0.717, 1.165) is 16.7 Å². The van der Waals surface area contributed by atoms with E-state index in [1.165, 1.54) is 0 Å². The molecule has 0 saturated carbocycles. The van der Waals surface area contributed by atoms with Crippen LogP contribution in [0.15, 0.2) is 24.3 Å². The second kappa shape index (κ2) is 5.88. The Morgan fingerprint density at radius 2 is 2.16 bits per heavy atom. The van der Waals surface area contributed by atoms with E-state index < -0.39 is 5.54 Å². The molecule has 4 nitrogen and oxygen atoms in total. The minimum absolute atomic E-state index is 0.162. The van der Waals surface area contributed by atoms with Crippen molar-refractivity contribution >= 4 is 28.5 Å². The molecule has 0 spiro atoms. The lowest BCUT2D eigenvalue weighted by Gasteiger charge is -2.36. The first-order valence-corrected chi connectivity index (χ1v) is 7.30. The third-order valence-electron chi connectivity index (χ3n) is 3.49. The highest BCUT2D eigenvalue weighted by molar-refractivity contribution is 14.1. The zero-order valence-electron chi connectivity index (χ0n) is 10.8. The number of hydrogen-bond donors (Lipinski definition) is 1. The van der Waals surface area contributed by atoms with Gasteiger partial charge in [-0.05, 0) is 60.7 Å². The topological polar surface area (TPSA) is 56.1 Å². The van der Waals surface area contributed by atoms with Crippen LogP contribution in [0.1, 0.15) is 23.2 Å². The predicted molar refractivity (Wildman–Crippen MR) is 81.7 cm³/mol. The first-order valence-electron chi connectivity index (χ1n) is 6.22. The zero-order chi connectivity index (χ0) is 13.9. The summed E-state index contributed by atoms with van der Waals surface area (Å²) in [6.07, 6.45) is 1.35. The zero-order valence-corrected chi connectivity index (χ0v) is 13.0. The Bertz CT molecular complexity index is 516. The number of nitrogens with zero attached hydrogens (tertiary/aromatic N) is 2. The molecule has 2 rings (SSSR count). The Hall–Kier alpha value is -1.13. The van der Waals surface area contributed by atoms with Crippen molar-refractivity contribution in [3.8, 4) is 6.07 Å². The van der Waals surface area contributed by atoms with E-state index in [0.29, 0.717) is 18.4 Å². The fraction of sp³-hybridized carbons (Fsp3) is 0.429. The molecule has 19 heavy (non-hydrogen) atoms. The van der Waals surface area contributed by atoms with Crippen molar-refractivity contribution < 1.29 is 4.79 Å². The molecule has 0 unspecified atom stereocenters. The molecule has 1 fully saturated rings. The fourth-order valence-electron chi connectivity index (χ4n) is 2.18. The van der Waals surface area contributed by atoms with Gasteiger partial charge in [0.15, 0.2) is 0 Å². The van der Waals surface area contributed by atoms with Gasteiger partial charge in [0.25, 0.3) is 5.91 Å². The van der Waals surface area contributed by atoms with Gasteiger partial charge in [-0.2, -0.15) is 5.26 Å². The molecule has 1 aromatic rings. The van der Waals surface area contributed by atoms with E-state index in [9.17, 15) is 10.1 Å². The normalized spacial score (nSPS) is 18.6. The largest absolute Gasteiger partial charge is 0.334 e. The van der Waals surface area contributed by atoms with Crippen LogP contribution in [-0.2, 0) is 0 Å². The third-order valence-corrected chi connectivity index (χ3v) is 4.17. The van der Waals surface area contributed by atoms with Crippen LogP contribution in [0.2, 0.25) is 0 Å². The van der Waals surface area contributed by atoms with Crippen LogP contribution in [0, 0.1) is 14.9 Å². The van der Waals surface area contributed by atoms with Gasteiger partial charge in [0, 0.05) is 22.2 Å². The van der Waals surface area contributed by atoms with Gasteiger partial charge < -0.3 is 10.2 Å². The fourth-order valence-corrected chi connectivity index (χ4v) is 2.73. The summed E-state index contributed by atoms with van der Waals surface area (Å²) in [7, 11) is 2.03. The Morgan fingerprint density at radius 3 is 2.74 bits per heavy atom. The summed E-state index contributed by atoms with van der Waals surface area (Å²) in [4.78, 5) is 14.4. The summed E-state index contributed by atoms with van der Waals surface area (Å²) in [5, 5.41) is 12.3. The van der Waals surface area contributed by atoms with Gasteiger partial charge in [-0.25, -0.2) is 0 Å². The van der Waals surface area contributed by atoms with Crippen LogP contribution in [-0.4, -0.2) is 36.5 Å². The van der Waals surface area contributed by atoms with Crippen LogP contribution < -0.4 is 5.32 Å². The minimum atomic E-state index is -0.717. The summed E-state index contributed by atoms with van der Waals surface area (Å²) in [5.41, 5.74) is -0.106. The van der Waals surface area contributed by atoms with E-state index >= 15 is 0 Å².